The molecule has 166 valence electrons. The van der Waals surface area contributed by atoms with Crippen LogP contribution in [0, 0.1) is 5.82 Å². The lowest BCUT2D eigenvalue weighted by Crippen LogP contribution is -2.45. The molecule has 3 aromatic rings. The van der Waals surface area contributed by atoms with Crippen molar-refractivity contribution in [2.75, 3.05) is 27.2 Å². The summed E-state index contributed by atoms with van der Waals surface area (Å²) >= 11 is 1.41. The smallest absolute Gasteiger partial charge is 0.246 e. The molecule has 31 heavy (non-hydrogen) atoms. The lowest BCUT2D eigenvalue weighted by Gasteiger charge is -2.32. The van der Waals surface area contributed by atoms with E-state index in [2.05, 4.69) is 5.10 Å². The second-order valence-corrected chi connectivity index (χ2v) is 10.8. The van der Waals surface area contributed by atoms with Crippen molar-refractivity contribution in [3.8, 4) is 5.00 Å². The van der Waals surface area contributed by atoms with Crippen molar-refractivity contribution in [1.82, 2.24) is 23.0 Å². The summed E-state index contributed by atoms with van der Waals surface area (Å²) in [5, 5.41) is 7.19. The highest BCUT2D eigenvalue weighted by Gasteiger charge is 2.34. The van der Waals surface area contributed by atoms with Crippen LogP contribution in [0.25, 0.3) is 5.00 Å². The number of rotatable bonds is 6. The Hall–Kier alpha value is -2.34. The van der Waals surface area contributed by atoms with Gasteiger partial charge in [0.2, 0.25) is 0 Å². The van der Waals surface area contributed by atoms with E-state index in [0.717, 1.165) is 11.4 Å². The molecule has 1 unspecified atom stereocenters. The summed E-state index contributed by atoms with van der Waals surface area (Å²) in [6, 6.07) is 9.75. The standard InChI is InChI=1S/C20H24FN5O3S2/c1-23(2)31(28,29)24-10-4-7-16(14-24)19-22-25(13-15-6-3-8-17(21)12-15)20(27)26(19)18-9-5-11-30-18/h3,5-6,8-9,11-12,16H,4,7,10,13-14H2,1-2H3. The highest BCUT2D eigenvalue weighted by molar-refractivity contribution is 7.86. The van der Waals surface area contributed by atoms with Crippen LogP contribution in [0.15, 0.2) is 46.6 Å². The molecule has 0 radical (unpaired) electrons. The number of thiophene rings is 1. The van der Waals surface area contributed by atoms with E-state index in [1.54, 1.807) is 16.7 Å². The molecule has 0 bridgehead atoms. The molecule has 1 fully saturated rings. The monoisotopic (exact) mass is 465 g/mol. The fourth-order valence-corrected chi connectivity index (χ4v) is 5.72. The molecule has 3 heterocycles. The van der Waals surface area contributed by atoms with E-state index in [4.69, 9.17) is 0 Å². The van der Waals surface area contributed by atoms with E-state index in [9.17, 15) is 17.6 Å². The van der Waals surface area contributed by atoms with Gasteiger partial charge in [0.05, 0.1) is 6.54 Å². The van der Waals surface area contributed by atoms with Gasteiger partial charge in [-0.1, -0.05) is 12.1 Å². The van der Waals surface area contributed by atoms with Crippen LogP contribution in [0.5, 0.6) is 0 Å². The maximum Gasteiger partial charge on any atom is 0.351 e. The molecule has 0 aliphatic carbocycles. The van der Waals surface area contributed by atoms with Crippen LogP contribution < -0.4 is 5.69 Å². The first-order valence-corrected chi connectivity index (χ1v) is 12.2. The third kappa shape index (κ3) is 4.36. The molecule has 1 aliphatic rings. The Morgan fingerprint density at radius 2 is 2.06 bits per heavy atom. The van der Waals surface area contributed by atoms with Crippen molar-refractivity contribution in [3.63, 3.8) is 0 Å². The molecule has 8 nitrogen and oxygen atoms in total. The summed E-state index contributed by atoms with van der Waals surface area (Å²) in [7, 11) is -0.542. The number of halogens is 1. The number of nitrogens with zero attached hydrogens (tertiary/aromatic N) is 5. The third-order valence-corrected chi connectivity index (χ3v) is 8.11. The van der Waals surface area contributed by atoms with E-state index in [1.165, 1.54) is 50.9 Å². The van der Waals surface area contributed by atoms with Crippen molar-refractivity contribution in [2.45, 2.75) is 25.3 Å². The predicted octanol–water partition coefficient (Wildman–Crippen LogP) is 2.27. The van der Waals surface area contributed by atoms with E-state index < -0.39 is 10.2 Å². The van der Waals surface area contributed by atoms with Crippen LogP contribution in [0.1, 0.15) is 30.1 Å². The van der Waals surface area contributed by atoms with Crippen LogP contribution in [0.4, 0.5) is 4.39 Å². The van der Waals surface area contributed by atoms with E-state index >= 15 is 0 Å². The van der Waals surface area contributed by atoms with Crippen LogP contribution in [-0.2, 0) is 16.8 Å². The van der Waals surface area contributed by atoms with Crippen molar-refractivity contribution in [2.24, 2.45) is 0 Å². The van der Waals surface area contributed by atoms with Crippen molar-refractivity contribution < 1.29 is 12.8 Å². The molecule has 4 rings (SSSR count). The van der Waals surface area contributed by atoms with Crippen LogP contribution in [-0.4, -0.2) is 58.6 Å². The molecule has 1 aromatic carbocycles. The number of hydrogen-bond acceptors (Lipinski definition) is 5. The third-order valence-electron chi connectivity index (χ3n) is 5.35. The van der Waals surface area contributed by atoms with Crippen LogP contribution in [0.2, 0.25) is 0 Å². The average molecular weight is 466 g/mol. The summed E-state index contributed by atoms with van der Waals surface area (Å²) in [5.74, 6) is -0.0742. The van der Waals surface area contributed by atoms with Gasteiger partial charge in [0.25, 0.3) is 10.2 Å². The molecular formula is C20H24FN5O3S2. The Balaban J connectivity index is 1.74. The van der Waals surface area contributed by atoms with Gasteiger partial charge in [-0.15, -0.1) is 11.3 Å². The number of hydrogen-bond donors (Lipinski definition) is 0. The zero-order valence-electron chi connectivity index (χ0n) is 17.3. The Morgan fingerprint density at radius 1 is 1.26 bits per heavy atom. The van der Waals surface area contributed by atoms with Crippen molar-refractivity contribution >= 4 is 21.5 Å². The van der Waals surface area contributed by atoms with Gasteiger partial charge in [0.1, 0.15) is 16.6 Å². The predicted molar refractivity (Wildman–Crippen MR) is 117 cm³/mol. The molecule has 1 aliphatic heterocycles. The van der Waals surface area contributed by atoms with E-state index in [1.807, 2.05) is 17.5 Å². The summed E-state index contributed by atoms with van der Waals surface area (Å²) in [6.07, 6.45) is 1.40. The van der Waals surface area contributed by atoms with Gasteiger partial charge in [-0.2, -0.15) is 22.1 Å². The number of benzene rings is 1. The first kappa shape index (κ1) is 21.9. The van der Waals surface area contributed by atoms with Crippen LogP contribution in [0.3, 0.4) is 0 Å². The zero-order valence-corrected chi connectivity index (χ0v) is 18.9. The SMILES string of the molecule is CN(C)S(=O)(=O)N1CCCC(c2nn(Cc3cccc(F)c3)c(=O)n2-c2cccs2)C1. The molecule has 2 aromatic heterocycles. The van der Waals surface area contributed by atoms with E-state index in [-0.39, 0.29) is 30.5 Å². The second-order valence-electron chi connectivity index (χ2n) is 7.70. The maximum absolute atomic E-state index is 13.6. The minimum atomic E-state index is -3.56. The molecule has 1 saturated heterocycles. The number of aromatic nitrogens is 3. The van der Waals surface area contributed by atoms with Gasteiger partial charge in [0, 0.05) is 33.1 Å². The first-order valence-electron chi connectivity index (χ1n) is 9.93. The Kier molecular flexibility index (Phi) is 6.11. The minimum Gasteiger partial charge on any atom is -0.246 e. The molecule has 1 atom stereocenters. The molecular weight excluding hydrogens is 441 g/mol. The van der Waals surface area contributed by atoms with Gasteiger partial charge in [0.15, 0.2) is 0 Å². The van der Waals surface area contributed by atoms with E-state index in [0.29, 0.717) is 24.4 Å². The fourth-order valence-electron chi connectivity index (χ4n) is 3.80. The normalized spacial score (nSPS) is 18.0. The maximum atomic E-state index is 13.6. The summed E-state index contributed by atoms with van der Waals surface area (Å²) in [6.45, 7) is 0.820. The van der Waals surface area contributed by atoms with Crippen molar-refractivity contribution in [3.05, 3.63) is 69.5 Å². The van der Waals surface area contributed by atoms with Gasteiger partial charge in [-0.3, -0.25) is 0 Å². The molecule has 0 amide bonds. The topological polar surface area (TPSA) is 80.4 Å². The minimum absolute atomic E-state index is 0.133. The molecule has 0 N–H and O–H groups in total. The summed E-state index contributed by atoms with van der Waals surface area (Å²) in [5.41, 5.74) is 0.305. The summed E-state index contributed by atoms with van der Waals surface area (Å²) < 4.78 is 44.4. The Morgan fingerprint density at radius 3 is 2.74 bits per heavy atom. The van der Waals surface area contributed by atoms with Gasteiger partial charge in [-0.05, 0) is 48.1 Å². The zero-order chi connectivity index (χ0) is 22.2. The molecule has 0 spiro atoms. The number of piperidine rings is 1. The fraction of sp³-hybridized carbons (Fsp3) is 0.400. The van der Waals surface area contributed by atoms with Crippen LogP contribution >= 0.6 is 11.3 Å². The average Bonchev–Trinajstić information content (AvgIpc) is 3.36. The van der Waals surface area contributed by atoms with Gasteiger partial charge >= 0.3 is 5.69 Å². The van der Waals surface area contributed by atoms with Gasteiger partial charge < -0.3 is 0 Å². The van der Waals surface area contributed by atoms with Crippen molar-refractivity contribution in [1.29, 1.82) is 0 Å². The largest absolute Gasteiger partial charge is 0.351 e. The highest BCUT2D eigenvalue weighted by atomic mass is 32.2. The second kappa shape index (κ2) is 8.65. The van der Waals surface area contributed by atoms with Gasteiger partial charge in [-0.25, -0.2) is 18.4 Å². The molecule has 11 heteroatoms. The lowest BCUT2D eigenvalue weighted by molar-refractivity contribution is 0.291. The first-order chi connectivity index (χ1) is 14.8. The quantitative estimate of drug-likeness (QED) is 0.559. The Labute approximate surface area is 184 Å². The Bertz CT molecular complexity index is 1220. The lowest BCUT2D eigenvalue weighted by atomic mass is 9.99. The summed E-state index contributed by atoms with van der Waals surface area (Å²) in [4.78, 5) is 13.2. The molecule has 0 saturated carbocycles. The highest BCUT2D eigenvalue weighted by Crippen LogP contribution is 2.29.